The van der Waals surface area contributed by atoms with Gasteiger partial charge >= 0.3 is 0 Å². The number of piperazine rings is 1. The second-order valence-electron chi connectivity index (χ2n) is 8.89. The van der Waals surface area contributed by atoms with E-state index in [0.717, 1.165) is 34.5 Å². The third-order valence-corrected chi connectivity index (χ3v) is 8.38. The standard InChI is InChI=1S/C27H31N3O3S/c1-20-7-13-25(14-8-20)34(32,33)30-17-15-29(16-18-30)19-23-9-11-24(12-10-23)27(31)28-26-6-4-5-21(2)22(26)3/h4-14H,15-19H2,1-3H3,(H,28,31). The van der Waals surface area contributed by atoms with Gasteiger partial charge in [0.2, 0.25) is 10.0 Å². The Hall–Kier alpha value is -3.00. The van der Waals surface area contributed by atoms with Crippen LogP contribution in [0.3, 0.4) is 0 Å². The number of sulfonamides is 1. The van der Waals surface area contributed by atoms with Gasteiger partial charge in [-0.15, -0.1) is 0 Å². The highest BCUT2D eigenvalue weighted by Gasteiger charge is 2.28. The van der Waals surface area contributed by atoms with Gasteiger partial charge < -0.3 is 5.32 Å². The number of hydrogen-bond donors (Lipinski definition) is 1. The normalized spacial score (nSPS) is 15.3. The van der Waals surface area contributed by atoms with Crippen LogP contribution in [-0.2, 0) is 16.6 Å². The molecule has 1 fully saturated rings. The summed E-state index contributed by atoms with van der Waals surface area (Å²) in [6.45, 7) is 8.95. The number of amides is 1. The van der Waals surface area contributed by atoms with Gasteiger partial charge in [-0.25, -0.2) is 8.42 Å². The first-order valence-electron chi connectivity index (χ1n) is 11.5. The van der Waals surface area contributed by atoms with E-state index in [-0.39, 0.29) is 5.91 Å². The molecule has 6 nitrogen and oxygen atoms in total. The van der Waals surface area contributed by atoms with Crippen molar-refractivity contribution in [2.75, 3.05) is 31.5 Å². The van der Waals surface area contributed by atoms with E-state index in [1.165, 1.54) is 0 Å². The Labute approximate surface area is 202 Å². The van der Waals surface area contributed by atoms with Crippen LogP contribution >= 0.6 is 0 Å². The van der Waals surface area contributed by atoms with Crippen molar-refractivity contribution in [3.63, 3.8) is 0 Å². The van der Waals surface area contributed by atoms with Crippen LogP contribution in [0.1, 0.15) is 32.6 Å². The monoisotopic (exact) mass is 477 g/mol. The fourth-order valence-corrected chi connectivity index (χ4v) is 5.51. The molecule has 1 aliphatic heterocycles. The number of hydrogen-bond acceptors (Lipinski definition) is 4. The molecule has 1 saturated heterocycles. The molecule has 0 atom stereocenters. The summed E-state index contributed by atoms with van der Waals surface area (Å²) in [5, 5.41) is 2.99. The molecule has 34 heavy (non-hydrogen) atoms. The molecule has 1 heterocycles. The first kappa shape index (κ1) is 24.1. The molecule has 0 saturated carbocycles. The van der Waals surface area contributed by atoms with E-state index in [1.54, 1.807) is 16.4 Å². The van der Waals surface area contributed by atoms with Crippen molar-refractivity contribution in [1.29, 1.82) is 0 Å². The van der Waals surface area contributed by atoms with Gasteiger partial charge in [0.1, 0.15) is 0 Å². The van der Waals surface area contributed by atoms with Gasteiger partial charge in [0.05, 0.1) is 4.90 Å². The van der Waals surface area contributed by atoms with E-state index in [9.17, 15) is 13.2 Å². The largest absolute Gasteiger partial charge is 0.322 e. The molecule has 0 spiro atoms. The number of aryl methyl sites for hydroxylation is 2. The van der Waals surface area contributed by atoms with Gasteiger partial charge in [-0.2, -0.15) is 4.31 Å². The SMILES string of the molecule is Cc1ccc(S(=O)(=O)N2CCN(Cc3ccc(C(=O)Nc4cccc(C)c4C)cc3)CC2)cc1. The Morgan fingerprint density at radius 2 is 1.50 bits per heavy atom. The van der Waals surface area contributed by atoms with Crippen molar-refractivity contribution in [2.24, 2.45) is 0 Å². The summed E-state index contributed by atoms with van der Waals surface area (Å²) in [7, 11) is -3.46. The first-order valence-corrected chi connectivity index (χ1v) is 12.9. The number of benzene rings is 3. The van der Waals surface area contributed by atoms with Gasteiger partial charge in [-0.05, 0) is 67.8 Å². The van der Waals surface area contributed by atoms with E-state index in [0.29, 0.717) is 36.6 Å². The third kappa shape index (κ3) is 5.38. The predicted octanol–water partition coefficient (Wildman–Crippen LogP) is 4.37. The van der Waals surface area contributed by atoms with E-state index < -0.39 is 10.0 Å². The van der Waals surface area contributed by atoms with Gasteiger partial charge in [-0.1, -0.05) is 42.0 Å². The lowest BCUT2D eigenvalue weighted by Crippen LogP contribution is -2.48. The molecule has 178 valence electrons. The highest BCUT2D eigenvalue weighted by atomic mass is 32.2. The molecule has 1 aliphatic rings. The zero-order chi connectivity index (χ0) is 24.3. The van der Waals surface area contributed by atoms with Crippen molar-refractivity contribution in [3.8, 4) is 0 Å². The fourth-order valence-electron chi connectivity index (χ4n) is 4.09. The maximum Gasteiger partial charge on any atom is 0.255 e. The lowest BCUT2D eigenvalue weighted by atomic mass is 10.1. The van der Waals surface area contributed by atoms with Crippen LogP contribution in [0.5, 0.6) is 0 Å². The summed E-state index contributed by atoms with van der Waals surface area (Å²) in [5.41, 5.74) is 5.78. The summed E-state index contributed by atoms with van der Waals surface area (Å²) >= 11 is 0. The van der Waals surface area contributed by atoms with Crippen LogP contribution in [0, 0.1) is 20.8 Å². The van der Waals surface area contributed by atoms with Crippen LogP contribution in [0.4, 0.5) is 5.69 Å². The van der Waals surface area contributed by atoms with Crippen molar-refractivity contribution in [2.45, 2.75) is 32.2 Å². The van der Waals surface area contributed by atoms with Gasteiger partial charge in [0, 0.05) is 44.0 Å². The molecule has 0 aliphatic carbocycles. The van der Waals surface area contributed by atoms with Crippen molar-refractivity contribution >= 4 is 21.6 Å². The van der Waals surface area contributed by atoms with E-state index in [4.69, 9.17) is 0 Å². The first-order chi connectivity index (χ1) is 16.2. The summed E-state index contributed by atoms with van der Waals surface area (Å²) in [6.07, 6.45) is 0. The van der Waals surface area contributed by atoms with Gasteiger partial charge in [-0.3, -0.25) is 9.69 Å². The van der Waals surface area contributed by atoms with E-state index in [1.807, 2.05) is 75.4 Å². The van der Waals surface area contributed by atoms with Crippen LogP contribution in [0.2, 0.25) is 0 Å². The predicted molar refractivity (Wildman–Crippen MR) is 136 cm³/mol. The zero-order valence-corrected chi connectivity index (χ0v) is 20.7. The minimum absolute atomic E-state index is 0.129. The summed E-state index contributed by atoms with van der Waals surface area (Å²) in [6, 6.07) is 20.5. The Balaban J connectivity index is 1.32. The molecule has 4 rings (SSSR count). The zero-order valence-electron chi connectivity index (χ0n) is 19.9. The summed E-state index contributed by atoms with van der Waals surface area (Å²) in [5.74, 6) is -0.129. The van der Waals surface area contributed by atoms with Crippen LogP contribution < -0.4 is 5.32 Å². The average molecular weight is 478 g/mol. The minimum Gasteiger partial charge on any atom is -0.322 e. The molecule has 7 heteroatoms. The number of anilines is 1. The Kier molecular flexibility index (Phi) is 7.16. The van der Waals surface area contributed by atoms with E-state index in [2.05, 4.69) is 10.2 Å². The molecule has 1 amide bonds. The minimum atomic E-state index is -3.46. The van der Waals surface area contributed by atoms with Crippen molar-refractivity contribution < 1.29 is 13.2 Å². The third-order valence-electron chi connectivity index (χ3n) is 6.47. The second-order valence-corrected chi connectivity index (χ2v) is 10.8. The topological polar surface area (TPSA) is 69.7 Å². The highest BCUT2D eigenvalue weighted by Crippen LogP contribution is 2.21. The lowest BCUT2D eigenvalue weighted by molar-refractivity contribution is 0.102. The van der Waals surface area contributed by atoms with E-state index >= 15 is 0 Å². The molecule has 0 unspecified atom stereocenters. The second kappa shape index (κ2) is 10.1. The van der Waals surface area contributed by atoms with Gasteiger partial charge in [0.15, 0.2) is 0 Å². The molecule has 0 aromatic heterocycles. The smallest absolute Gasteiger partial charge is 0.255 e. The van der Waals surface area contributed by atoms with Gasteiger partial charge in [0.25, 0.3) is 5.91 Å². The van der Waals surface area contributed by atoms with Crippen LogP contribution in [-0.4, -0.2) is 49.7 Å². The molecule has 3 aromatic carbocycles. The Morgan fingerprint density at radius 3 is 2.15 bits per heavy atom. The fraction of sp³-hybridized carbons (Fsp3) is 0.296. The summed E-state index contributed by atoms with van der Waals surface area (Å²) in [4.78, 5) is 15.3. The number of rotatable bonds is 6. The van der Waals surface area contributed by atoms with Crippen LogP contribution in [0.15, 0.2) is 71.6 Å². The molecule has 1 N–H and O–H groups in total. The maximum absolute atomic E-state index is 12.9. The van der Waals surface area contributed by atoms with Crippen molar-refractivity contribution in [3.05, 3.63) is 94.5 Å². The molecule has 0 radical (unpaired) electrons. The highest BCUT2D eigenvalue weighted by molar-refractivity contribution is 7.89. The number of nitrogens with zero attached hydrogens (tertiary/aromatic N) is 2. The van der Waals surface area contributed by atoms with Crippen LogP contribution in [0.25, 0.3) is 0 Å². The number of carbonyl (C=O) groups is 1. The number of nitrogens with one attached hydrogen (secondary N) is 1. The van der Waals surface area contributed by atoms with Crippen molar-refractivity contribution in [1.82, 2.24) is 9.21 Å². The molecular formula is C27H31N3O3S. The summed E-state index contributed by atoms with van der Waals surface area (Å²) < 4.78 is 27.4. The average Bonchev–Trinajstić information content (AvgIpc) is 2.83. The number of carbonyl (C=O) groups excluding carboxylic acids is 1. The molecular weight excluding hydrogens is 446 g/mol. The Bertz CT molecular complexity index is 1260. The Morgan fingerprint density at radius 1 is 0.853 bits per heavy atom. The quantitative estimate of drug-likeness (QED) is 0.572. The molecule has 3 aromatic rings. The molecule has 0 bridgehead atoms. The lowest BCUT2D eigenvalue weighted by Gasteiger charge is -2.34. The maximum atomic E-state index is 12.9.